The molecule has 6 heteroatoms. The summed E-state index contributed by atoms with van der Waals surface area (Å²) in [5.41, 5.74) is 1.95. The molecular weight excluding hydrogens is 296 g/mol. The predicted molar refractivity (Wildman–Crippen MR) is 77.0 cm³/mol. The summed E-state index contributed by atoms with van der Waals surface area (Å²) >= 11 is 0. The number of sulfonamides is 1. The molecule has 0 aliphatic rings. The van der Waals surface area contributed by atoms with Gasteiger partial charge in [-0.15, -0.1) is 0 Å². The molecule has 0 aliphatic carbocycles. The molecule has 0 amide bonds. The molecular formula is C15H15F2NO2S. The van der Waals surface area contributed by atoms with Crippen molar-refractivity contribution in [3.8, 4) is 0 Å². The van der Waals surface area contributed by atoms with E-state index >= 15 is 0 Å². The highest BCUT2D eigenvalue weighted by Crippen LogP contribution is 2.12. The Labute approximate surface area is 122 Å². The molecule has 0 radical (unpaired) electrons. The van der Waals surface area contributed by atoms with Gasteiger partial charge >= 0.3 is 0 Å². The van der Waals surface area contributed by atoms with Crippen LogP contribution < -0.4 is 4.72 Å². The normalized spacial score (nSPS) is 11.6. The van der Waals surface area contributed by atoms with Gasteiger partial charge in [-0.05, 0) is 35.7 Å². The first-order chi connectivity index (χ1) is 9.87. The minimum absolute atomic E-state index is 0.0780. The molecule has 0 bridgehead atoms. The van der Waals surface area contributed by atoms with E-state index in [1.165, 1.54) is 6.07 Å². The van der Waals surface area contributed by atoms with E-state index in [2.05, 4.69) is 4.72 Å². The first-order valence-corrected chi connectivity index (χ1v) is 7.98. The molecule has 0 unspecified atom stereocenters. The second-order valence-electron chi connectivity index (χ2n) is 4.76. The van der Waals surface area contributed by atoms with Gasteiger partial charge < -0.3 is 0 Å². The van der Waals surface area contributed by atoms with Gasteiger partial charge in [0.05, 0.1) is 5.75 Å². The molecule has 2 rings (SSSR count). The highest BCUT2D eigenvalue weighted by molar-refractivity contribution is 7.88. The molecule has 2 aromatic carbocycles. The van der Waals surface area contributed by atoms with Crippen LogP contribution >= 0.6 is 0 Å². The number of hydrogen-bond acceptors (Lipinski definition) is 2. The van der Waals surface area contributed by atoms with Crippen LogP contribution in [0.2, 0.25) is 0 Å². The lowest BCUT2D eigenvalue weighted by molar-refractivity contribution is 0.506. The Balaban J connectivity index is 2.04. The highest BCUT2D eigenvalue weighted by Gasteiger charge is 2.13. The van der Waals surface area contributed by atoms with Crippen molar-refractivity contribution in [2.75, 3.05) is 0 Å². The van der Waals surface area contributed by atoms with Gasteiger partial charge in [-0.2, -0.15) is 0 Å². The molecule has 0 aromatic heterocycles. The summed E-state index contributed by atoms with van der Waals surface area (Å²) in [4.78, 5) is 0. The Morgan fingerprint density at radius 3 is 2.43 bits per heavy atom. The largest absolute Gasteiger partial charge is 0.216 e. The minimum Gasteiger partial charge on any atom is -0.212 e. The van der Waals surface area contributed by atoms with Crippen LogP contribution in [0.1, 0.15) is 16.7 Å². The minimum atomic E-state index is -3.54. The third-order valence-electron chi connectivity index (χ3n) is 3.09. The van der Waals surface area contributed by atoms with Gasteiger partial charge in [0.1, 0.15) is 0 Å². The summed E-state index contributed by atoms with van der Waals surface area (Å²) in [6, 6.07) is 10.5. The molecule has 0 saturated heterocycles. The second kappa shape index (κ2) is 6.32. The standard InChI is InChI=1S/C15H15F2NO2S/c1-11-4-2-3-5-13(11)10-21(19,20)18-9-12-6-7-14(16)15(17)8-12/h2-8,18H,9-10H2,1H3. The summed E-state index contributed by atoms with van der Waals surface area (Å²) in [7, 11) is -3.54. The number of aryl methyl sites for hydroxylation is 1. The van der Waals surface area contributed by atoms with E-state index < -0.39 is 21.7 Å². The Morgan fingerprint density at radius 2 is 1.76 bits per heavy atom. The quantitative estimate of drug-likeness (QED) is 0.923. The average molecular weight is 311 g/mol. The lowest BCUT2D eigenvalue weighted by Gasteiger charge is -2.09. The van der Waals surface area contributed by atoms with Crippen LogP contribution in [-0.4, -0.2) is 8.42 Å². The molecule has 21 heavy (non-hydrogen) atoms. The van der Waals surface area contributed by atoms with Gasteiger partial charge in [-0.25, -0.2) is 21.9 Å². The Bertz CT molecular complexity index is 745. The van der Waals surface area contributed by atoms with E-state index in [4.69, 9.17) is 0 Å². The van der Waals surface area contributed by atoms with Crippen molar-refractivity contribution in [1.29, 1.82) is 0 Å². The van der Waals surface area contributed by atoms with Crippen molar-refractivity contribution in [2.24, 2.45) is 0 Å². The molecule has 0 aliphatic heterocycles. The highest BCUT2D eigenvalue weighted by atomic mass is 32.2. The first-order valence-electron chi connectivity index (χ1n) is 6.33. The molecule has 1 N–H and O–H groups in total. The van der Waals surface area contributed by atoms with Crippen molar-refractivity contribution >= 4 is 10.0 Å². The van der Waals surface area contributed by atoms with Gasteiger partial charge in [-0.3, -0.25) is 0 Å². The fourth-order valence-electron chi connectivity index (χ4n) is 1.87. The summed E-state index contributed by atoms with van der Waals surface area (Å²) in [5.74, 6) is -2.10. The SMILES string of the molecule is Cc1ccccc1CS(=O)(=O)NCc1ccc(F)c(F)c1. The number of halogens is 2. The third-order valence-corrected chi connectivity index (χ3v) is 4.36. The summed E-state index contributed by atoms with van der Waals surface area (Å²) in [6.07, 6.45) is 0. The number of rotatable bonds is 5. The molecule has 0 fully saturated rings. The fourth-order valence-corrected chi connectivity index (χ4v) is 3.09. The van der Waals surface area contributed by atoms with Gasteiger partial charge in [-0.1, -0.05) is 30.3 Å². The summed E-state index contributed by atoms with van der Waals surface area (Å²) in [6.45, 7) is 1.76. The molecule has 3 nitrogen and oxygen atoms in total. The van der Waals surface area contributed by atoms with E-state index in [9.17, 15) is 17.2 Å². The zero-order valence-electron chi connectivity index (χ0n) is 11.4. The molecule has 0 atom stereocenters. The van der Waals surface area contributed by atoms with Gasteiger partial charge in [0.15, 0.2) is 11.6 Å². The van der Waals surface area contributed by atoms with Crippen LogP contribution in [0, 0.1) is 18.6 Å². The maximum absolute atomic E-state index is 13.0. The van der Waals surface area contributed by atoms with E-state index in [1.54, 1.807) is 12.1 Å². The summed E-state index contributed by atoms with van der Waals surface area (Å²) < 4.78 is 52.2. The first kappa shape index (κ1) is 15.6. The second-order valence-corrected chi connectivity index (χ2v) is 6.56. The zero-order chi connectivity index (χ0) is 15.5. The van der Waals surface area contributed by atoms with Crippen LogP contribution in [0.25, 0.3) is 0 Å². The van der Waals surface area contributed by atoms with Gasteiger partial charge in [0, 0.05) is 6.54 Å². The Hall–Kier alpha value is -1.79. The number of nitrogens with one attached hydrogen (secondary N) is 1. The molecule has 0 spiro atoms. The van der Waals surface area contributed by atoms with Crippen molar-refractivity contribution < 1.29 is 17.2 Å². The lowest BCUT2D eigenvalue weighted by atomic mass is 10.1. The van der Waals surface area contributed by atoms with Crippen molar-refractivity contribution in [1.82, 2.24) is 4.72 Å². The number of hydrogen-bond donors (Lipinski definition) is 1. The maximum Gasteiger partial charge on any atom is 0.216 e. The van der Waals surface area contributed by atoms with Gasteiger partial charge in [0.25, 0.3) is 0 Å². The van der Waals surface area contributed by atoms with Crippen molar-refractivity contribution in [2.45, 2.75) is 19.2 Å². The average Bonchev–Trinajstić information content (AvgIpc) is 2.43. The molecule has 0 saturated carbocycles. The topological polar surface area (TPSA) is 46.2 Å². The van der Waals surface area contributed by atoms with Crippen LogP contribution in [-0.2, 0) is 22.3 Å². The third kappa shape index (κ3) is 4.34. The van der Waals surface area contributed by atoms with Crippen LogP contribution in [0.3, 0.4) is 0 Å². The predicted octanol–water partition coefficient (Wildman–Crippen LogP) is 2.89. The van der Waals surface area contributed by atoms with Crippen LogP contribution in [0.5, 0.6) is 0 Å². The maximum atomic E-state index is 13.0. The van der Waals surface area contributed by atoms with E-state index in [0.29, 0.717) is 11.1 Å². The molecule has 112 valence electrons. The van der Waals surface area contributed by atoms with E-state index in [1.807, 2.05) is 19.1 Å². The van der Waals surface area contributed by atoms with Crippen molar-refractivity contribution in [3.05, 3.63) is 70.8 Å². The number of benzene rings is 2. The zero-order valence-corrected chi connectivity index (χ0v) is 12.3. The monoisotopic (exact) mass is 311 g/mol. The van der Waals surface area contributed by atoms with E-state index in [-0.39, 0.29) is 12.3 Å². The molecule has 2 aromatic rings. The van der Waals surface area contributed by atoms with Crippen molar-refractivity contribution in [3.63, 3.8) is 0 Å². The smallest absolute Gasteiger partial charge is 0.212 e. The van der Waals surface area contributed by atoms with Crippen LogP contribution in [0.4, 0.5) is 8.78 Å². The van der Waals surface area contributed by atoms with Crippen LogP contribution in [0.15, 0.2) is 42.5 Å². The van der Waals surface area contributed by atoms with E-state index in [0.717, 1.165) is 17.7 Å². The molecule has 0 heterocycles. The summed E-state index contributed by atoms with van der Waals surface area (Å²) in [5, 5.41) is 0. The Morgan fingerprint density at radius 1 is 1.05 bits per heavy atom. The fraction of sp³-hybridized carbons (Fsp3) is 0.200. The lowest BCUT2D eigenvalue weighted by Crippen LogP contribution is -2.25. The van der Waals surface area contributed by atoms with Gasteiger partial charge in [0.2, 0.25) is 10.0 Å². The Kier molecular flexibility index (Phi) is 4.69.